The summed E-state index contributed by atoms with van der Waals surface area (Å²) in [6.07, 6.45) is 3.37. The van der Waals surface area contributed by atoms with Crippen molar-refractivity contribution in [1.29, 1.82) is 0 Å². The highest BCUT2D eigenvalue weighted by molar-refractivity contribution is 9.10. The molecule has 0 bridgehead atoms. The van der Waals surface area contributed by atoms with Crippen LogP contribution in [-0.4, -0.2) is 0 Å². The summed E-state index contributed by atoms with van der Waals surface area (Å²) in [5, 5.41) is 3.74. The van der Waals surface area contributed by atoms with Crippen LogP contribution in [0.25, 0.3) is 0 Å². The number of halogens is 1. The molecule has 0 amide bonds. The van der Waals surface area contributed by atoms with Crippen LogP contribution in [0.15, 0.2) is 89.4 Å². The van der Waals surface area contributed by atoms with Gasteiger partial charge in [0.2, 0.25) is 0 Å². The van der Waals surface area contributed by atoms with Crippen LogP contribution < -0.4 is 5.32 Å². The van der Waals surface area contributed by atoms with Gasteiger partial charge in [0.25, 0.3) is 0 Å². The molecule has 3 aromatic carbocycles. The Morgan fingerprint density at radius 3 is 2.12 bits per heavy atom. The van der Waals surface area contributed by atoms with Gasteiger partial charge in [-0.25, -0.2) is 0 Å². The smallest absolute Gasteiger partial charge is 0.0323 e. The molecule has 1 nitrogen and oxygen atoms in total. The van der Waals surface area contributed by atoms with E-state index in [9.17, 15) is 0 Å². The fourth-order valence-corrected chi connectivity index (χ4v) is 3.59. The van der Waals surface area contributed by atoms with Gasteiger partial charge in [-0.05, 0) is 42.0 Å². The van der Waals surface area contributed by atoms with Gasteiger partial charge in [-0.1, -0.05) is 94.8 Å². The van der Waals surface area contributed by atoms with Crippen LogP contribution in [0.2, 0.25) is 0 Å². The molecule has 0 saturated heterocycles. The minimum atomic E-state index is 0.379. The first-order valence-electron chi connectivity index (χ1n) is 8.88. The number of hydrogen-bond donors (Lipinski definition) is 1. The van der Waals surface area contributed by atoms with Crippen molar-refractivity contribution < 1.29 is 0 Å². The van der Waals surface area contributed by atoms with Crippen LogP contribution in [0, 0.1) is 0 Å². The Morgan fingerprint density at radius 1 is 0.760 bits per heavy atom. The maximum atomic E-state index is 3.74. The standard InChI is InChI=1S/C23H24BrN/c24-22-16-8-7-12-20(22)15-9-17-23(21-13-5-2-6-14-21)25-18-19-10-3-1-4-11-19/h1-8,10-14,16,23,25H,9,15,17-18H2. The molecule has 0 heterocycles. The van der Waals surface area contributed by atoms with E-state index in [0.29, 0.717) is 6.04 Å². The minimum absolute atomic E-state index is 0.379. The molecule has 3 rings (SSSR count). The lowest BCUT2D eigenvalue weighted by molar-refractivity contribution is 0.483. The Balaban J connectivity index is 1.61. The zero-order valence-electron chi connectivity index (χ0n) is 14.4. The quantitative estimate of drug-likeness (QED) is 0.473. The summed E-state index contributed by atoms with van der Waals surface area (Å²) in [5.41, 5.74) is 4.08. The number of nitrogens with one attached hydrogen (secondary N) is 1. The fraction of sp³-hybridized carbons (Fsp3) is 0.217. The van der Waals surface area contributed by atoms with Gasteiger partial charge in [-0.3, -0.25) is 0 Å². The second-order valence-electron chi connectivity index (χ2n) is 6.31. The molecular weight excluding hydrogens is 370 g/mol. The maximum Gasteiger partial charge on any atom is 0.0323 e. The van der Waals surface area contributed by atoms with E-state index in [1.165, 1.54) is 21.2 Å². The predicted octanol–water partition coefficient (Wildman–Crippen LogP) is 6.30. The number of benzene rings is 3. The first-order valence-corrected chi connectivity index (χ1v) is 9.68. The lowest BCUT2D eigenvalue weighted by Gasteiger charge is -2.20. The molecule has 1 N–H and O–H groups in total. The van der Waals surface area contributed by atoms with Crippen molar-refractivity contribution in [2.24, 2.45) is 0 Å². The molecular formula is C23H24BrN. The molecule has 0 radical (unpaired) electrons. The number of hydrogen-bond acceptors (Lipinski definition) is 1. The normalized spacial score (nSPS) is 12.0. The van der Waals surface area contributed by atoms with E-state index in [4.69, 9.17) is 0 Å². The average Bonchev–Trinajstić information content (AvgIpc) is 2.67. The van der Waals surface area contributed by atoms with Crippen molar-refractivity contribution in [3.63, 3.8) is 0 Å². The van der Waals surface area contributed by atoms with Gasteiger partial charge in [0.15, 0.2) is 0 Å². The predicted molar refractivity (Wildman–Crippen MR) is 110 cm³/mol. The largest absolute Gasteiger partial charge is 0.306 e. The summed E-state index contributed by atoms with van der Waals surface area (Å²) in [7, 11) is 0. The Hall–Kier alpha value is -1.90. The van der Waals surface area contributed by atoms with Gasteiger partial charge < -0.3 is 5.32 Å². The third-order valence-corrected chi connectivity index (χ3v) is 5.27. The highest BCUT2D eigenvalue weighted by Crippen LogP contribution is 2.23. The van der Waals surface area contributed by atoms with Crippen molar-refractivity contribution in [2.45, 2.75) is 31.8 Å². The molecule has 1 unspecified atom stereocenters. The third-order valence-electron chi connectivity index (χ3n) is 4.49. The van der Waals surface area contributed by atoms with Crippen LogP contribution in [0.3, 0.4) is 0 Å². The van der Waals surface area contributed by atoms with Gasteiger partial charge in [0.05, 0.1) is 0 Å². The van der Waals surface area contributed by atoms with E-state index in [0.717, 1.165) is 25.8 Å². The van der Waals surface area contributed by atoms with E-state index in [1.54, 1.807) is 0 Å². The molecule has 0 aliphatic heterocycles. The maximum absolute atomic E-state index is 3.74. The van der Waals surface area contributed by atoms with Crippen molar-refractivity contribution in [1.82, 2.24) is 5.32 Å². The summed E-state index contributed by atoms with van der Waals surface area (Å²) in [5.74, 6) is 0. The topological polar surface area (TPSA) is 12.0 Å². The summed E-state index contributed by atoms with van der Waals surface area (Å²) in [6.45, 7) is 0.898. The second kappa shape index (κ2) is 9.55. The lowest BCUT2D eigenvalue weighted by Crippen LogP contribution is -2.21. The molecule has 0 aliphatic carbocycles. The van der Waals surface area contributed by atoms with Crippen molar-refractivity contribution in [2.75, 3.05) is 0 Å². The highest BCUT2D eigenvalue weighted by atomic mass is 79.9. The monoisotopic (exact) mass is 393 g/mol. The first kappa shape index (κ1) is 17.9. The average molecular weight is 394 g/mol. The molecule has 3 aromatic rings. The molecule has 0 fully saturated rings. The SMILES string of the molecule is Brc1ccccc1CCCC(NCc1ccccc1)c1ccccc1. The zero-order chi connectivity index (χ0) is 17.3. The van der Waals surface area contributed by atoms with Crippen molar-refractivity contribution >= 4 is 15.9 Å². The van der Waals surface area contributed by atoms with Crippen LogP contribution >= 0.6 is 15.9 Å². The van der Waals surface area contributed by atoms with Gasteiger partial charge >= 0.3 is 0 Å². The van der Waals surface area contributed by atoms with E-state index < -0.39 is 0 Å². The van der Waals surface area contributed by atoms with E-state index in [-0.39, 0.29) is 0 Å². The van der Waals surface area contributed by atoms with Crippen LogP contribution in [-0.2, 0) is 13.0 Å². The molecule has 0 aliphatic rings. The van der Waals surface area contributed by atoms with Gasteiger partial charge in [-0.15, -0.1) is 0 Å². The Kier molecular flexibility index (Phi) is 6.84. The van der Waals surface area contributed by atoms with Gasteiger partial charge in [0, 0.05) is 17.1 Å². The van der Waals surface area contributed by atoms with Crippen molar-refractivity contribution in [3.8, 4) is 0 Å². The van der Waals surface area contributed by atoms with Crippen LogP contribution in [0.5, 0.6) is 0 Å². The Morgan fingerprint density at radius 2 is 1.40 bits per heavy atom. The third kappa shape index (κ3) is 5.55. The van der Waals surface area contributed by atoms with E-state index in [1.807, 2.05) is 0 Å². The summed E-state index contributed by atoms with van der Waals surface area (Å²) in [4.78, 5) is 0. The molecule has 0 aromatic heterocycles. The zero-order valence-corrected chi connectivity index (χ0v) is 16.0. The molecule has 1 atom stereocenters. The summed E-state index contributed by atoms with van der Waals surface area (Å²) >= 11 is 3.65. The summed E-state index contributed by atoms with van der Waals surface area (Å²) in [6, 6.07) is 30.3. The fourth-order valence-electron chi connectivity index (χ4n) is 3.11. The highest BCUT2D eigenvalue weighted by Gasteiger charge is 2.11. The number of aryl methyl sites for hydroxylation is 1. The Bertz CT molecular complexity index is 755. The number of rotatable bonds is 8. The van der Waals surface area contributed by atoms with Gasteiger partial charge in [0.1, 0.15) is 0 Å². The molecule has 128 valence electrons. The first-order chi connectivity index (χ1) is 12.3. The molecule has 0 saturated carbocycles. The molecule has 25 heavy (non-hydrogen) atoms. The lowest BCUT2D eigenvalue weighted by atomic mass is 9.98. The second-order valence-corrected chi connectivity index (χ2v) is 7.17. The van der Waals surface area contributed by atoms with Crippen LogP contribution in [0.4, 0.5) is 0 Å². The van der Waals surface area contributed by atoms with Gasteiger partial charge in [-0.2, -0.15) is 0 Å². The minimum Gasteiger partial charge on any atom is -0.306 e. The van der Waals surface area contributed by atoms with E-state index in [2.05, 4.69) is 106 Å². The molecule has 0 spiro atoms. The van der Waals surface area contributed by atoms with Crippen molar-refractivity contribution in [3.05, 3.63) is 106 Å². The Labute approximate surface area is 159 Å². The molecule has 2 heteroatoms. The van der Waals surface area contributed by atoms with Crippen LogP contribution in [0.1, 0.15) is 35.6 Å². The summed E-state index contributed by atoms with van der Waals surface area (Å²) < 4.78 is 1.21. The van der Waals surface area contributed by atoms with E-state index >= 15 is 0 Å².